The average Bonchev–Trinajstić information content (AvgIpc) is 3.11. The molecule has 0 saturated carbocycles. The standard InChI is InChI=1S/C20H17N5O4/c1-13-5-14(2)7-17(6-13)21-11-15-3-4-16(23-15)12-22-18-8-19(24(26)27)10-20(9-18)25(28)29/h3-12,23H,1-2H3. The van der Waals surface area contributed by atoms with Crippen molar-refractivity contribution in [2.75, 3.05) is 0 Å². The van der Waals surface area contributed by atoms with Gasteiger partial charge >= 0.3 is 0 Å². The van der Waals surface area contributed by atoms with Crippen LogP contribution in [0.2, 0.25) is 0 Å². The molecule has 0 aliphatic rings. The van der Waals surface area contributed by atoms with E-state index in [-0.39, 0.29) is 17.1 Å². The fraction of sp³-hybridized carbons (Fsp3) is 0.100. The Hall–Kier alpha value is -4.14. The first-order chi connectivity index (χ1) is 13.8. The molecule has 0 spiro atoms. The molecule has 1 N–H and O–H groups in total. The van der Waals surface area contributed by atoms with Crippen LogP contribution < -0.4 is 0 Å². The van der Waals surface area contributed by atoms with Gasteiger partial charge in [-0.05, 0) is 49.2 Å². The van der Waals surface area contributed by atoms with Crippen LogP contribution in [-0.4, -0.2) is 27.3 Å². The summed E-state index contributed by atoms with van der Waals surface area (Å²) < 4.78 is 0. The van der Waals surface area contributed by atoms with E-state index >= 15 is 0 Å². The van der Waals surface area contributed by atoms with Gasteiger partial charge in [-0.2, -0.15) is 0 Å². The van der Waals surface area contributed by atoms with Gasteiger partial charge in [0.15, 0.2) is 0 Å². The Morgan fingerprint density at radius 2 is 1.21 bits per heavy atom. The third kappa shape index (κ3) is 5.19. The summed E-state index contributed by atoms with van der Waals surface area (Å²) in [6, 6.07) is 12.8. The van der Waals surface area contributed by atoms with Gasteiger partial charge in [-0.15, -0.1) is 0 Å². The highest BCUT2D eigenvalue weighted by Crippen LogP contribution is 2.27. The molecule has 9 nitrogen and oxygen atoms in total. The maximum Gasteiger partial charge on any atom is 0.278 e. The van der Waals surface area contributed by atoms with Crippen LogP contribution in [0, 0.1) is 34.1 Å². The van der Waals surface area contributed by atoms with Crippen molar-refractivity contribution in [3.05, 3.63) is 91.3 Å². The molecule has 3 aromatic rings. The number of rotatable bonds is 6. The van der Waals surface area contributed by atoms with E-state index in [1.807, 2.05) is 32.0 Å². The predicted molar refractivity (Wildman–Crippen MR) is 111 cm³/mol. The zero-order valence-corrected chi connectivity index (χ0v) is 15.7. The number of benzene rings is 2. The smallest absolute Gasteiger partial charge is 0.278 e. The number of aromatic nitrogens is 1. The van der Waals surface area contributed by atoms with Gasteiger partial charge in [-0.3, -0.25) is 30.2 Å². The second-order valence-corrected chi connectivity index (χ2v) is 6.45. The SMILES string of the molecule is Cc1cc(C)cc(N=Cc2ccc(C=Nc3cc([N+](=O)[O-])cc([N+](=O)[O-])c3)[nH]2)c1. The highest BCUT2D eigenvalue weighted by molar-refractivity contribution is 5.85. The second-order valence-electron chi connectivity index (χ2n) is 6.45. The lowest BCUT2D eigenvalue weighted by molar-refractivity contribution is -0.394. The summed E-state index contributed by atoms with van der Waals surface area (Å²) >= 11 is 0. The van der Waals surface area contributed by atoms with Crippen LogP contribution in [0.4, 0.5) is 22.7 Å². The lowest BCUT2D eigenvalue weighted by Crippen LogP contribution is -1.92. The third-order valence-electron chi connectivity index (χ3n) is 3.95. The molecular formula is C20H17N5O4. The first-order valence-corrected chi connectivity index (χ1v) is 8.59. The minimum atomic E-state index is -0.692. The average molecular weight is 391 g/mol. The van der Waals surface area contributed by atoms with Gasteiger partial charge < -0.3 is 4.98 Å². The number of H-pyrrole nitrogens is 1. The first-order valence-electron chi connectivity index (χ1n) is 8.59. The fourth-order valence-electron chi connectivity index (χ4n) is 2.76. The van der Waals surface area contributed by atoms with Crippen LogP contribution >= 0.6 is 0 Å². The Balaban J connectivity index is 1.79. The molecule has 0 amide bonds. The molecule has 0 unspecified atom stereocenters. The maximum atomic E-state index is 10.9. The Morgan fingerprint density at radius 3 is 1.66 bits per heavy atom. The monoisotopic (exact) mass is 391 g/mol. The number of non-ortho nitro benzene ring substituents is 2. The number of nitro benzene ring substituents is 2. The minimum Gasteiger partial charge on any atom is -0.353 e. The molecule has 0 saturated heterocycles. The molecule has 0 atom stereocenters. The van der Waals surface area contributed by atoms with Crippen molar-refractivity contribution in [3.63, 3.8) is 0 Å². The van der Waals surface area contributed by atoms with Crippen molar-refractivity contribution in [3.8, 4) is 0 Å². The molecule has 1 aromatic heterocycles. The van der Waals surface area contributed by atoms with Crippen molar-refractivity contribution in [1.82, 2.24) is 4.98 Å². The summed E-state index contributed by atoms with van der Waals surface area (Å²) in [6.45, 7) is 4.01. The van der Waals surface area contributed by atoms with E-state index in [4.69, 9.17) is 0 Å². The third-order valence-corrected chi connectivity index (χ3v) is 3.95. The van der Waals surface area contributed by atoms with Crippen molar-refractivity contribution >= 4 is 35.2 Å². The van der Waals surface area contributed by atoms with E-state index in [1.54, 1.807) is 12.3 Å². The van der Waals surface area contributed by atoms with Crippen molar-refractivity contribution in [2.45, 2.75) is 13.8 Å². The number of hydrogen-bond donors (Lipinski definition) is 1. The molecule has 3 rings (SSSR count). The highest BCUT2D eigenvalue weighted by Gasteiger charge is 2.15. The quantitative estimate of drug-likeness (QED) is 0.362. The van der Waals surface area contributed by atoms with E-state index in [0.29, 0.717) is 5.69 Å². The zero-order valence-electron chi connectivity index (χ0n) is 15.7. The lowest BCUT2D eigenvalue weighted by Gasteiger charge is -1.99. The zero-order chi connectivity index (χ0) is 21.0. The summed E-state index contributed by atoms with van der Waals surface area (Å²) in [5.74, 6) is 0. The van der Waals surface area contributed by atoms with Gasteiger partial charge in [0.05, 0.1) is 51.1 Å². The van der Waals surface area contributed by atoms with E-state index in [2.05, 4.69) is 21.0 Å². The second kappa shape index (κ2) is 8.26. The molecule has 146 valence electrons. The Morgan fingerprint density at radius 1 is 0.759 bits per heavy atom. The largest absolute Gasteiger partial charge is 0.353 e. The Labute approximate surface area is 165 Å². The van der Waals surface area contributed by atoms with Gasteiger partial charge in [0.25, 0.3) is 11.4 Å². The molecule has 29 heavy (non-hydrogen) atoms. The Bertz CT molecular complexity index is 1100. The van der Waals surface area contributed by atoms with E-state index in [1.165, 1.54) is 18.3 Å². The summed E-state index contributed by atoms with van der Waals surface area (Å²) in [7, 11) is 0. The van der Waals surface area contributed by atoms with Gasteiger partial charge in [0, 0.05) is 12.1 Å². The molecule has 2 aromatic carbocycles. The van der Waals surface area contributed by atoms with Gasteiger partial charge in [-0.25, -0.2) is 0 Å². The highest BCUT2D eigenvalue weighted by atomic mass is 16.6. The maximum absolute atomic E-state index is 10.9. The van der Waals surface area contributed by atoms with Crippen LogP contribution in [0.15, 0.2) is 58.5 Å². The summed E-state index contributed by atoms with van der Waals surface area (Å²) in [5, 5.41) is 21.9. The molecule has 9 heteroatoms. The summed E-state index contributed by atoms with van der Waals surface area (Å²) in [4.78, 5) is 32.1. The van der Waals surface area contributed by atoms with Crippen molar-refractivity contribution in [2.24, 2.45) is 9.98 Å². The number of aromatic amines is 1. The van der Waals surface area contributed by atoms with E-state index < -0.39 is 9.85 Å². The number of aryl methyl sites for hydroxylation is 2. The molecule has 1 heterocycles. The number of nitrogens with zero attached hydrogens (tertiary/aromatic N) is 4. The van der Waals surface area contributed by atoms with Crippen LogP contribution in [0.25, 0.3) is 0 Å². The first kappa shape index (κ1) is 19.6. The van der Waals surface area contributed by atoms with E-state index in [9.17, 15) is 20.2 Å². The van der Waals surface area contributed by atoms with Crippen molar-refractivity contribution in [1.29, 1.82) is 0 Å². The number of nitro groups is 2. The van der Waals surface area contributed by atoms with Crippen LogP contribution in [0.3, 0.4) is 0 Å². The normalized spacial score (nSPS) is 11.4. The minimum absolute atomic E-state index is 0.117. The fourth-order valence-corrected chi connectivity index (χ4v) is 2.76. The lowest BCUT2D eigenvalue weighted by atomic mass is 10.1. The molecule has 0 aliphatic heterocycles. The van der Waals surface area contributed by atoms with Crippen molar-refractivity contribution < 1.29 is 9.85 Å². The number of aliphatic imine (C=N–C) groups is 2. The molecule has 0 bridgehead atoms. The summed E-state index contributed by atoms with van der Waals surface area (Å²) in [6.07, 6.45) is 3.13. The Kier molecular flexibility index (Phi) is 5.59. The molecule has 0 fully saturated rings. The van der Waals surface area contributed by atoms with Crippen LogP contribution in [-0.2, 0) is 0 Å². The number of nitrogens with one attached hydrogen (secondary N) is 1. The van der Waals surface area contributed by atoms with Crippen LogP contribution in [0.5, 0.6) is 0 Å². The topological polar surface area (TPSA) is 127 Å². The summed E-state index contributed by atoms with van der Waals surface area (Å²) in [5.41, 5.74) is 3.81. The van der Waals surface area contributed by atoms with Gasteiger partial charge in [-0.1, -0.05) is 6.07 Å². The molecule has 0 aliphatic carbocycles. The van der Waals surface area contributed by atoms with Gasteiger partial charge in [0.1, 0.15) is 0 Å². The molecular weight excluding hydrogens is 374 g/mol. The van der Waals surface area contributed by atoms with E-state index in [0.717, 1.165) is 28.6 Å². The number of hydrogen-bond acceptors (Lipinski definition) is 6. The predicted octanol–water partition coefficient (Wildman–Crippen LogP) is 4.95. The van der Waals surface area contributed by atoms with Crippen LogP contribution in [0.1, 0.15) is 22.5 Å². The molecule has 0 radical (unpaired) electrons. The van der Waals surface area contributed by atoms with Gasteiger partial charge in [0.2, 0.25) is 0 Å².